The van der Waals surface area contributed by atoms with E-state index in [4.69, 9.17) is 0 Å². The summed E-state index contributed by atoms with van der Waals surface area (Å²) >= 11 is 0. The molecule has 1 aromatic carbocycles. The van der Waals surface area contributed by atoms with Gasteiger partial charge in [0.25, 0.3) is 0 Å². The fourth-order valence-electron chi connectivity index (χ4n) is 1.66. The minimum atomic E-state index is 0.565. The van der Waals surface area contributed by atoms with Crippen molar-refractivity contribution in [3.05, 3.63) is 42.2 Å². The standard InChI is InChI=1S/C12H17N3/c1-10(2)11-5-4-6-12(9-11)15-8-7-13-14(15)3/h4-10,13H,1-3H3. The van der Waals surface area contributed by atoms with Crippen molar-refractivity contribution in [3.63, 3.8) is 0 Å². The van der Waals surface area contributed by atoms with E-state index in [0.717, 1.165) is 0 Å². The van der Waals surface area contributed by atoms with E-state index in [1.807, 2.05) is 24.6 Å². The summed E-state index contributed by atoms with van der Waals surface area (Å²) in [5.41, 5.74) is 5.64. The summed E-state index contributed by atoms with van der Waals surface area (Å²) in [4.78, 5) is 0. The highest BCUT2D eigenvalue weighted by Crippen LogP contribution is 2.23. The maximum atomic E-state index is 3.10. The summed E-state index contributed by atoms with van der Waals surface area (Å²) in [6, 6.07) is 8.60. The lowest BCUT2D eigenvalue weighted by molar-refractivity contribution is 0.302. The van der Waals surface area contributed by atoms with Crippen molar-refractivity contribution < 1.29 is 0 Å². The van der Waals surface area contributed by atoms with Gasteiger partial charge < -0.3 is 5.43 Å². The molecule has 0 fully saturated rings. The lowest BCUT2D eigenvalue weighted by Crippen LogP contribution is -2.37. The van der Waals surface area contributed by atoms with Gasteiger partial charge in [0.15, 0.2) is 0 Å². The van der Waals surface area contributed by atoms with Crippen molar-refractivity contribution in [2.75, 3.05) is 12.1 Å². The summed E-state index contributed by atoms with van der Waals surface area (Å²) in [6.07, 6.45) is 3.93. The van der Waals surface area contributed by atoms with Crippen LogP contribution in [0.15, 0.2) is 36.7 Å². The van der Waals surface area contributed by atoms with E-state index in [1.165, 1.54) is 11.3 Å². The third-order valence-electron chi connectivity index (χ3n) is 2.60. The number of hydrazine groups is 2. The smallest absolute Gasteiger partial charge is 0.0594 e. The molecule has 0 bridgehead atoms. The number of rotatable bonds is 2. The summed E-state index contributed by atoms with van der Waals surface area (Å²) in [5, 5.41) is 4.02. The van der Waals surface area contributed by atoms with Crippen LogP contribution in [0, 0.1) is 0 Å². The van der Waals surface area contributed by atoms with Crippen LogP contribution in [0.5, 0.6) is 0 Å². The molecule has 0 unspecified atom stereocenters. The van der Waals surface area contributed by atoms with Gasteiger partial charge in [-0.25, -0.2) is 0 Å². The van der Waals surface area contributed by atoms with Gasteiger partial charge in [0.05, 0.1) is 5.69 Å². The van der Waals surface area contributed by atoms with Crippen molar-refractivity contribution >= 4 is 5.69 Å². The molecule has 2 rings (SSSR count). The van der Waals surface area contributed by atoms with Gasteiger partial charge in [-0.1, -0.05) is 26.0 Å². The molecule has 1 aliphatic heterocycles. The Hall–Kier alpha value is -1.48. The fraction of sp³-hybridized carbons (Fsp3) is 0.333. The Morgan fingerprint density at radius 2 is 2.07 bits per heavy atom. The van der Waals surface area contributed by atoms with E-state index in [0.29, 0.717) is 5.92 Å². The molecular weight excluding hydrogens is 186 g/mol. The van der Waals surface area contributed by atoms with Crippen LogP contribution in [-0.4, -0.2) is 12.2 Å². The molecule has 0 aromatic heterocycles. The molecule has 3 heteroatoms. The molecule has 0 atom stereocenters. The number of benzene rings is 1. The summed E-state index contributed by atoms with van der Waals surface area (Å²) < 4.78 is 0. The van der Waals surface area contributed by atoms with E-state index < -0.39 is 0 Å². The minimum Gasteiger partial charge on any atom is -0.307 e. The lowest BCUT2D eigenvalue weighted by atomic mass is 10.0. The fourth-order valence-corrected chi connectivity index (χ4v) is 1.66. The van der Waals surface area contributed by atoms with Gasteiger partial charge in [-0.2, -0.15) is 0 Å². The molecule has 0 amide bonds. The zero-order valence-electron chi connectivity index (χ0n) is 9.44. The highest BCUT2D eigenvalue weighted by molar-refractivity contribution is 5.51. The van der Waals surface area contributed by atoms with E-state index in [-0.39, 0.29) is 0 Å². The van der Waals surface area contributed by atoms with Crippen molar-refractivity contribution in [2.45, 2.75) is 19.8 Å². The predicted molar refractivity (Wildman–Crippen MR) is 63.0 cm³/mol. The van der Waals surface area contributed by atoms with Gasteiger partial charge in [-0.3, -0.25) is 5.01 Å². The van der Waals surface area contributed by atoms with E-state index in [9.17, 15) is 0 Å². The van der Waals surface area contributed by atoms with Crippen LogP contribution in [0.2, 0.25) is 0 Å². The molecule has 0 spiro atoms. The summed E-state index contributed by atoms with van der Waals surface area (Å²) in [5.74, 6) is 0.565. The van der Waals surface area contributed by atoms with Gasteiger partial charge in [0.1, 0.15) is 0 Å². The summed E-state index contributed by atoms with van der Waals surface area (Å²) in [6.45, 7) is 4.42. The van der Waals surface area contributed by atoms with Gasteiger partial charge in [0.2, 0.25) is 0 Å². The van der Waals surface area contributed by atoms with E-state index in [1.54, 1.807) is 0 Å². The first-order valence-corrected chi connectivity index (χ1v) is 5.24. The maximum Gasteiger partial charge on any atom is 0.0594 e. The van der Waals surface area contributed by atoms with E-state index in [2.05, 4.69) is 48.5 Å². The molecule has 0 aliphatic carbocycles. The number of hydrogen-bond donors (Lipinski definition) is 1. The molecule has 15 heavy (non-hydrogen) atoms. The Balaban J connectivity index is 2.28. The topological polar surface area (TPSA) is 18.5 Å². The molecule has 0 saturated heterocycles. The summed E-state index contributed by atoms with van der Waals surface area (Å²) in [7, 11) is 1.99. The molecular formula is C12H17N3. The number of nitrogens with zero attached hydrogens (tertiary/aromatic N) is 2. The second kappa shape index (κ2) is 3.95. The third kappa shape index (κ3) is 1.97. The van der Waals surface area contributed by atoms with Crippen molar-refractivity contribution in [3.8, 4) is 0 Å². The number of nitrogens with one attached hydrogen (secondary N) is 1. The minimum absolute atomic E-state index is 0.565. The highest BCUT2D eigenvalue weighted by Gasteiger charge is 2.13. The molecule has 80 valence electrons. The highest BCUT2D eigenvalue weighted by atomic mass is 15.8. The quantitative estimate of drug-likeness (QED) is 0.796. The van der Waals surface area contributed by atoms with Gasteiger partial charge >= 0.3 is 0 Å². The first kappa shape index (κ1) is 10.1. The second-order valence-electron chi connectivity index (χ2n) is 4.06. The molecule has 0 radical (unpaired) electrons. The van der Waals surface area contributed by atoms with Gasteiger partial charge in [0, 0.05) is 19.4 Å². The van der Waals surface area contributed by atoms with Crippen LogP contribution in [0.4, 0.5) is 5.69 Å². The first-order valence-electron chi connectivity index (χ1n) is 5.24. The average Bonchev–Trinajstić information content (AvgIpc) is 2.64. The molecule has 1 aliphatic rings. The van der Waals surface area contributed by atoms with Gasteiger partial charge in [-0.15, -0.1) is 5.12 Å². The Morgan fingerprint density at radius 1 is 1.27 bits per heavy atom. The van der Waals surface area contributed by atoms with Crippen LogP contribution in [0.1, 0.15) is 25.3 Å². The van der Waals surface area contributed by atoms with Crippen molar-refractivity contribution in [1.82, 2.24) is 10.5 Å². The average molecular weight is 203 g/mol. The van der Waals surface area contributed by atoms with Crippen molar-refractivity contribution in [2.24, 2.45) is 0 Å². The maximum absolute atomic E-state index is 3.10. The monoisotopic (exact) mass is 203 g/mol. The SMILES string of the molecule is CC(C)c1cccc(N2C=CNN2C)c1. The van der Waals surface area contributed by atoms with Crippen LogP contribution in [0.25, 0.3) is 0 Å². The van der Waals surface area contributed by atoms with Crippen LogP contribution >= 0.6 is 0 Å². The predicted octanol–water partition coefficient (Wildman–Crippen LogP) is 2.45. The van der Waals surface area contributed by atoms with Crippen LogP contribution < -0.4 is 10.4 Å². The Morgan fingerprint density at radius 3 is 2.67 bits per heavy atom. The first-order chi connectivity index (χ1) is 7.18. The van der Waals surface area contributed by atoms with Gasteiger partial charge in [-0.05, 0) is 23.6 Å². The Labute approximate surface area is 90.9 Å². The third-order valence-corrected chi connectivity index (χ3v) is 2.60. The zero-order valence-corrected chi connectivity index (χ0v) is 9.44. The number of hydrogen-bond acceptors (Lipinski definition) is 3. The lowest BCUT2D eigenvalue weighted by Gasteiger charge is -2.25. The Bertz CT molecular complexity index is 371. The molecule has 3 nitrogen and oxygen atoms in total. The zero-order chi connectivity index (χ0) is 10.8. The normalized spacial score (nSPS) is 16.1. The van der Waals surface area contributed by atoms with Crippen LogP contribution in [-0.2, 0) is 0 Å². The largest absolute Gasteiger partial charge is 0.307 e. The molecule has 1 N–H and O–H groups in total. The van der Waals surface area contributed by atoms with Crippen molar-refractivity contribution in [1.29, 1.82) is 0 Å². The molecule has 0 saturated carbocycles. The Kier molecular flexibility index (Phi) is 2.64. The number of anilines is 1. The second-order valence-corrected chi connectivity index (χ2v) is 4.06. The molecule has 1 heterocycles. The van der Waals surface area contributed by atoms with Crippen LogP contribution in [0.3, 0.4) is 0 Å². The molecule has 1 aromatic rings. The van der Waals surface area contributed by atoms with E-state index >= 15 is 0 Å².